The molecule has 0 radical (unpaired) electrons. The first kappa shape index (κ1) is 31.9. The van der Waals surface area contributed by atoms with Gasteiger partial charge in [-0.15, -0.1) is 0 Å². The van der Waals surface area contributed by atoms with Crippen LogP contribution in [0.5, 0.6) is 0 Å². The summed E-state index contributed by atoms with van der Waals surface area (Å²) in [6.07, 6.45) is -0.367. The van der Waals surface area contributed by atoms with Gasteiger partial charge in [0.1, 0.15) is 29.6 Å². The first-order valence-corrected chi connectivity index (χ1v) is 14.7. The summed E-state index contributed by atoms with van der Waals surface area (Å²) in [6, 6.07) is 9.86. The number of halogens is 4. The van der Waals surface area contributed by atoms with E-state index in [1.807, 2.05) is 4.57 Å². The highest BCUT2D eigenvalue weighted by Crippen LogP contribution is 2.39. The standard InChI is InChI=1S/C32H36F4N8O/c1-31(2,3)41-12-15-44-17-25(20-8-9-24(33)23(16-20)32(34,35)36)42-29(44)19-10-13-43(14-11-19)30-26(27(37)39-18-40-30)21-6-4-5-7-22(21)28(38)45/h4-9,16-19,41H,10-15H2,1-3H3,(H2,38,45)(H2,37,39,40). The number of anilines is 2. The number of hydrogen-bond acceptors (Lipinski definition) is 7. The Morgan fingerprint density at radius 1 is 1.07 bits per heavy atom. The van der Waals surface area contributed by atoms with Gasteiger partial charge in [0.2, 0.25) is 5.91 Å². The van der Waals surface area contributed by atoms with Crippen molar-refractivity contribution in [2.24, 2.45) is 5.73 Å². The SMILES string of the molecule is CC(C)(C)NCCn1cc(-c2ccc(F)c(C(F)(F)F)c2)nc1C1CCN(c2ncnc(N)c2-c2ccccc2C(N)=O)CC1. The Kier molecular flexibility index (Phi) is 8.83. The molecule has 3 heterocycles. The minimum absolute atomic E-state index is 0.00675. The third-order valence-corrected chi connectivity index (χ3v) is 7.86. The van der Waals surface area contributed by atoms with Crippen molar-refractivity contribution in [2.75, 3.05) is 30.3 Å². The summed E-state index contributed by atoms with van der Waals surface area (Å²) < 4.78 is 56.4. The lowest BCUT2D eigenvalue weighted by Crippen LogP contribution is -2.38. The molecule has 1 fully saturated rings. The fourth-order valence-corrected chi connectivity index (χ4v) is 5.68. The lowest BCUT2D eigenvalue weighted by Gasteiger charge is -2.34. The largest absolute Gasteiger partial charge is 0.419 e. The molecule has 0 saturated carbocycles. The van der Waals surface area contributed by atoms with Crippen LogP contribution in [0.15, 0.2) is 55.0 Å². The second kappa shape index (κ2) is 12.5. The van der Waals surface area contributed by atoms with Crippen molar-refractivity contribution in [3.8, 4) is 22.4 Å². The van der Waals surface area contributed by atoms with Crippen LogP contribution in [0, 0.1) is 5.82 Å². The molecule has 0 spiro atoms. The third kappa shape index (κ3) is 7.08. The van der Waals surface area contributed by atoms with Crippen LogP contribution in [0.25, 0.3) is 22.4 Å². The van der Waals surface area contributed by atoms with Crippen molar-refractivity contribution in [2.45, 2.75) is 57.8 Å². The molecular weight excluding hydrogens is 588 g/mol. The van der Waals surface area contributed by atoms with E-state index in [9.17, 15) is 22.4 Å². The second-order valence-corrected chi connectivity index (χ2v) is 12.2. The predicted octanol–water partition coefficient (Wildman–Crippen LogP) is 5.62. The summed E-state index contributed by atoms with van der Waals surface area (Å²) in [7, 11) is 0. The van der Waals surface area contributed by atoms with Crippen LogP contribution < -0.4 is 21.7 Å². The van der Waals surface area contributed by atoms with Crippen LogP contribution in [0.2, 0.25) is 0 Å². The van der Waals surface area contributed by atoms with E-state index in [0.717, 1.165) is 18.0 Å². The van der Waals surface area contributed by atoms with E-state index >= 15 is 0 Å². The van der Waals surface area contributed by atoms with Crippen molar-refractivity contribution < 1.29 is 22.4 Å². The van der Waals surface area contributed by atoms with E-state index in [2.05, 4.69) is 41.0 Å². The Morgan fingerprint density at radius 3 is 2.44 bits per heavy atom. The third-order valence-electron chi connectivity index (χ3n) is 7.86. The van der Waals surface area contributed by atoms with Gasteiger partial charge in [0, 0.05) is 60.5 Å². The first-order valence-electron chi connectivity index (χ1n) is 14.7. The van der Waals surface area contributed by atoms with E-state index in [-0.39, 0.29) is 22.8 Å². The molecule has 5 rings (SSSR count). The minimum atomic E-state index is -4.82. The monoisotopic (exact) mass is 624 g/mol. The number of nitrogen functional groups attached to an aromatic ring is 1. The van der Waals surface area contributed by atoms with Gasteiger partial charge < -0.3 is 26.3 Å². The average Bonchev–Trinajstić information content (AvgIpc) is 3.40. The predicted molar refractivity (Wildman–Crippen MR) is 165 cm³/mol. The molecule has 1 amide bonds. The fourth-order valence-electron chi connectivity index (χ4n) is 5.68. The normalized spacial score (nSPS) is 14.6. The average molecular weight is 625 g/mol. The number of carbonyl (C=O) groups is 1. The number of aromatic nitrogens is 4. The van der Waals surface area contributed by atoms with Crippen LogP contribution in [0.4, 0.5) is 29.2 Å². The van der Waals surface area contributed by atoms with Gasteiger partial charge in [-0.2, -0.15) is 13.2 Å². The van der Waals surface area contributed by atoms with Crippen molar-refractivity contribution in [1.29, 1.82) is 0 Å². The number of rotatable bonds is 8. The van der Waals surface area contributed by atoms with Crippen molar-refractivity contribution in [3.63, 3.8) is 0 Å². The highest BCUT2D eigenvalue weighted by molar-refractivity contribution is 6.02. The van der Waals surface area contributed by atoms with E-state index < -0.39 is 23.5 Å². The minimum Gasteiger partial charge on any atom is -0.383 e. The number of alkyl halides is 3. The maximum absolute atomic E-state index is 14.0. The maximum Gasteiger partial charge on any atom is 0.419 e. The zero-order valence-corrected chi connectivity index (χ0v) is 25.3. The Labute approximate surface area is 258 Å². The first-order chi connectivity index (χ1) is 21.2. The molecular formula is C32H36F4N8O. The van der Waals surface area contributed by atoms with Crippen molar-refractivity contribution in [1.82, 2.24) is 24.8 Å². The van der Waals surface area contributed by atoms with Gasteiger partial charge in [0.05, 0.1) is 16.8 Å². The molecule has 2 aromatic heterocycles. The number of nitrogens with two attached hydrogens (primary N) is 2. The van der Waals surface area contributed by atoms with Gasteiger partial charge in [0.15, 0.2) is 0 Å². The van der Waals surface area contributed by atoms with Gasteiger partial charge in [-0.25, -0.2) is 19.3 Å². The van der Waals surface area contributed by atoms with E-state index in [0.29, 0.717) is 67.2 Å². The summed E-state index contributed by atoms with van der Waals surface area (Å²) in [6.45, 7) is 8.46. The molecule has 4 aromatic rings. The Bertz CT molecular complexity index is 1690. The summed E-state index contributed by atoms with van der Waals surface area (Å²) in [4.78, 5) is 27.8. The topological polar surface area (TPSA) is 128 Å². The van der Waals surface area contributed by atoms with E-state index in [1.54, 1.807) is 30.5 Å². The quantitative estimate of drug-likeness (QED) is 0.217. The lowest BCUT2D eigenvalue weighted by atomic mass is 9.94. The van der Waals surface area contributed by atoms with E-state index in [1.165, 1.54) is 12.4 Å². The molecule has 1 saturated heterocycles. The van der Waals surface area contributed by atoms with Gasteiger partial charge >= 0.3 is 6.18 Å². The molecule has 1 aliphatic heterocycles. The molecule has 0 bridgehead atoms. The molecule has 13 heteroatoms. The summed E-state index contributed by atoms with van der Waals surface area (Å²) in [5.74, 6) is -0.368. The smallest absolute Gasteiger partial charge is 0.383 e. The van der Waals surface area contributed by atoms with Crippen LogP contribution >= 0.6 is 0 Å². The number of imidazole rings is 1. The number of nitrogens with one attached hydrogen (secondary N) is 1. The lowest BCUT2D eigenvalue weighted by molar-refractivity contribution is -0.139. The van der Waals surface area contributed by atoms with Crippen LogP contribution in [-0.2, 0) is 12.7 Å². The Hall–Kier alpha value is -4.52. The molecule has 0 unspecified atom stereocenters. The zero-order valence-electron chi connectivity index (χ0n) is 25.3. The van der Waals surface area contributed by atoms with Crippen molar-refractivity contribution >= 4 is 17.5 Å². The number of amides is 1. The van der Waals surface area contributed by atoms with Gasteiger partial charge in [-0.3, -0.25) is 4.79 Å². The fraction of sp³-hybridized carbons (Fsp3) is 0.375. The molecule has 45 heavy (non-hydrogen) atoms. The molecule has 5 N–H and O–H groups in total. The van der Waals surface area contributed by atoms with Gasteiger partial charge in [0.25, 0.3) is 0 Å². The number of carbonyl (C=O) groups excluding carboxylic acids is 1. The maximum atomic E-state index is 14.0. The summed E-state index contributed by atoms with van der Waals surface area (Å²) in [5.41, 5.74) is 12.4. The number of hydrogen-bond donors (Lipinski definition) is 3. The van der Waals surface area contributed by atoms with Crippen LogP contribution in [0.3, 0.4) is 0 Å². The van der Waals surface area contributed by atoms with E-state index in [4.69, 9.17) is 16.5 Å². The summed E-state index contributed by atoms with van der Waals surface area (Å²) >= 11 is 0. The number of benzene rings is 2. The highest BCUT2D eigenvalue weighted by Gasteiger charge is 2.35. The molecule has 1 aliphatic rings. The van der Waals surface area contributed by atoms with Crippen LogP contribution in [-0.4, -0.2) is 50.6 Å². The second-order valence-electron chi connectivity index (χ2n) is 12.2. The number of primary amides is 1. The van der Waals surface area contributed by atoms with Crippen molar-refractivity contribution in [3.05, 3.63) is 77.8 Å². The molecule has 0 atom stereocenters. The van der Waals surface area contributed by atoms with Crippen LogP contribution in [0.1, 0.15) is 61.3 Å². The van der Waals surface area contributed by atoms with Gasteiger partial charge in [-0.1, -0.05) is 18.2 Å². The number of piperidine rings is 1. The molecule has 238 valence electrons. The molecule has 2 aromatic carbocycles. The summed E-state index contributed by atoms with van der Waals surface area (Å²) in [5, 5.41) is 3.44. The number of nitrogens with zero attached hydrogens (tertiary/aromatic N) is 5. The molecule has 0 aliphatic carbocycles. The van der Waals surface area contributed by atoms with Gasteiger partial charge in [-0.05, 0) is 57.9 Å². The molecule has 9 nitrogen and oxygen atoms in total. The highest BCUT2D eigenvalue weighted by atomic mass is 19.4. The zero-order chi connectivity index (χ0) is 32.5. The Morgan fingerprint density at radius 2 is 1.78 bits per heavy atom. The Balaban J connectivity index is 1.44.